The SMILES string of the molecule is CNC(=O)O[C@@H]1CC[C@H](c2cc(Nc3ccc4c(n3)C(C)(C)NC4=O)n[nH]2)C1. The van der Waals surface area contributed by atoms with Gasteiger partial charge in [0.15, 0.2) is 5.82 Å². The van der Waals surface area contributed by atoms with Gasteiger partial charge in [-0.05, 0) is 45.2 Å². The molecule has 1 fully saturated rings. The summed E-state index contributed by atoms with van der Waals surface area (Å²) in [7, 11) is 1.56. The van der Waals surface area contributed by atoms with Crippen LogP contribution >= 0.6 is 0 Å². The zero-order chi connectivity index (χ0) is 19.9. The number of fused-ring (bicyclic) bond motifs is 1. The number of anilines is 2. The number of aromatic nitrogens is 3. The van der Waals surface area contributed by atoms with Crippen LogP contribution in [0.5, 0.6) is 0 Å². The second-order valence-electron chi connectivity index (χ2n) is 7.79. The second-order valence-corrected chi connectivity index (χ2v) is 7.79. The number of nitrogens with one attached hydrogen (secondary N) is 4. The van der Waals surface area contributed by atoms with Crippen molar-refractivity contribution in [1.82, 2.24) is 25.8 Å². The maximum atomic E-state index is 12.0. The summed E-state index contributed by atoms with van der Waals surface area (Å²) in [5.74, 6) is 1.46. The van der Waals surface area contributed by atoms with Crippen LogP contribution in [0.4, 0.5) is 16.4 Å². The summed E-state index contributed by atoms with van der Waals surface area (Å²) in [6, 6.07) is 5.51. The van der Waals surface area contributed by atoms with Crippen molar-refractivity contribution in [2.75, 3.05) is 12.4 Å². The third-order valence-corrected chi connectivity index (χ3v) is 5.31. The molecule has 4 rings (SSSR count). The summed E-state index contributed by atoms with van der Waals surface area (Å²) < 4.78 is 5.34. The minimum Gasteiger partial charge on any atom is -0.446 e. The Bertz CT molecular complexity index is 922. The molecule has 1 aliphatic carbocycles. The van der Waals surface area contributed by atoms with Gasteiger partial charge in [0.2, 0.25) is 0 Å². The summed E-state index contributed by atoms with van der Waals surface area (Å²) in [5.41, 5.74) is 1.84. The predicted octanol–water partition coefficient (Wildman–Crippen LogP) is 2.52. The molecule has 9 nitrogen and oxygen atoms in total. The Labute approximate surface area is 162 Å². The molecule has 2 aromatic rings. The highest BCUT2D eigenvalue weighted by molar-refractivity contribution is 5.99. The molecule has 2 aliphatic rings. The Kier molecular flexibility index (Phi) is 4.44. The fraction of sp³-hybridized carbons (Fsp3) is 0.474. The number of aromatic amines is 1. The smallest absolute Gasteiger partial charge is 0.407 e. The molecule has 0 radical (unpaired) electrons. The minimum absolute atomic E-state index is 0.0738. The predicted molar refractivity (Wildman–Crippen MR) is 103 cm³/mol. The van der Waals surface area contributed by atoms with E-state index in [1.54, 1.807) is 19.2 Å². The van der Waals surface area contributed by atoms with E-state index in [4.69, 9.17) is 4.74 Å². The van der Waals surface area contributed by atoms with E-state index >= 15 is 0 Å². The van der Waals surface area contributed by atoms with Gasteiger partial charge in [-0.25, -0.2) is 9.78 Å². The number of hydrogen-bond acceptors (Lipinski definition) is 6. The third kappa shape index (κ3) is 3.39. The molecule has 1 aliphatic heterocycles. The monoisotopic (exact) mass is 384 g/mol. The molecule has 1 saturated carbocycles. The van der Waals surface area contributed by atoms with Crippen LogP contribution in [0.1, 0.15) is 60.8 Å². The standard InChI is InChI=1S/C19H24N6O3/c1-19(2)16-12(17(26)23-19)6-7-14(22-16)21-15-9-13(24-25-15)10-4-5-11(8-10)28-18(27)20-3/h6-7,9-11H,4-5,8H2,1-3H3,(H,20,27)(H,23,26)(H2,21,22,24,25)/t10-,11+/m0/s1. The van der Waals surface area contributed by atoms with Crippen LogP contribution in [-0.2, 0) is 10.3 Å². The van der Waals surface area contributed by atoms with Gasteiger partial charge < -0.3 is 20.7 Å². The largest absolute Gasteiger partial charge is 0.446 e. The fourth-order valence-corrected chi connectivity index (χ4v) is 3.88. The van der Waals surface area contributed by atoms with Crippen LogP contribution in [0, 0.1) is 0 Å². The summed E-state index contributed by atoms with van der Waals surface area (Å²) in [6.45, 7) is 3.86. The topological polar surface area (TPSA) is 121 Å². The first-order valence-corrected chi connectivity index (χ1v) is 9.40. The van der Waals surface area contributed by atoms with Crippen molar-refractivity contribution in [2.45, 2.75) is 50.7 Å². The van der Waals surface area contributed by atoms with E-state index in [-0.39, 0.29) is 17.9 Å². The third-order valence-electron chi connectivity index (χ3n) is 5.31. The Morgan fingerprint density at radius 3 is 2.89 bits per heavy atom. The molecule has 2 aromatic heterocycles. The zero-order valence-electron chi connectivity index (χ0n) is 16.1. The van der Waals surface area contributed by atoms with Crippen molar-refractivity contribution in [3.8, 4) is 0 Å². The van der Waals surface area contributed by atoms with Crippen molar-refractivity contribution in [1.29, 1.82) is 0 Å². The van der Waals surface area contributed by atoms with E-state index in [0.29, 0.717) is 17.2 Å². The lowest BCUT2D eigenvalue weighted by Gasteiger charge is -2.18. The molecule has 0 aromatic carbocycles. The first-order valence-electron chi connectivity index (χ1n) is 9.40. The molecule has 0 unspecified atom stereocenters. The average Bonchev–Trinajstić information content (AvgIpc) is 3.34. The van der Waals surface area contributed by atoms with Crippen LogP contribution in [0.15, 0.2) is 18.2 Å². The molecule has 2 atom stereocenters. The van der Waals surface area contributed by atoms with Gasteiger partial charge in [-0.1, -0.05) is 0 Å². The Morgan fingerprint density at radius 1 is 1.29 bits per heavy atom. The van der Waals surface area contributed by atoms with E-state index in [0.717, 1.165) is 30.7 Å². The molecule has 9 heteroatoms. The number of H-pyrrole nitrogens is 1. The van der Waals surface area contributed by atoms with Gasteiger partial charge in [0.05, 0.1) is 16.8 Å². The number of hydrogen-bond donors (Lipinski definition) is 4. The number of carbonyl (C=O) groups excluding carboxylic acids is 2. The first kappa shape index (κ1) is 18.3. The van der Waals surface area contributed by atoms with Crippen LogP contribution in [0.25, 0.3) is 0 Å². The second kappa shape index (κ2) is 6.81. The van der Waals surface area contributed by atoms with Crippen LogP contribution in [0.3, 0.4) is 0 Å². The van der Waals surface area contributed by atoms with Crippen molar-refractivity contribution in [3.05, 3.63) is 35.2 Å². The van der Waals surface area contributed by atoms with Crippen LogP contribution in [0.2, 0.25) is 0 Å². The lowest BCUT2D eigenvalue weighted by atomic mass is 10.0. The molecule has 148 valence electrons. The molecule has 4 N–H and O–H groups in total. The molecule has 0 bridgehead atoms. The maximum absolute atomic E-state index is 12.0. The molecule has 0 saturated heterocycles. The van der Waals surface area contributed by atoms with Crippen LogP contribution in [-0.4, -0.2) is 40.3 Å². The van der Waals surface area contributed by atoms with E-state index in [2.05, 4.69) is 31.1 Å². The number of alkyl carbamates (subject to hydrolysis) is 1. The average molecular weight is 384 g/mol. The summed E-state index contributed by atoms with van der Waals surface area (Å²) in [5, 5.41) is 16.0. The van der Waals surface area contributed by atoms with E-state index in [9.17, 15) is 9.59 Å². The lowest BCUT2D eigenvalue weighted by molar-refractivity contribution is 0.0939. The normalized spacial score (nSPS) is 22.5. The van der Waals surface area contributed by atoms with Gasteiger partial charge in [0.25, 0.3) is 5.91 Å². The number of ether oxygens (including phenoxy) is 1. The Morgan fingerprint density at radius 2 is 2.11 bits per heavy atom. The summed E-state index contributed by atoms with van der Waals surface area (Å²) >= 11 is 0. The number of nitrogens with zero attached hydrogens (tertiary/aromatic N) is 2. The van der Waals surface area contributed by atoms with Gasteiger partial charge in [-0.2, -0.15) is 5.10 Å². The molecule has 0 spiro atoms. The van der Waals surface area contributed by atoms with Crippen molar-refractivity contribution < 1.29 is 14.3 Å². The number of carbonyl (C=O) groups is 2. The minimum atomic E-state index is -0.496. The lowest BCUT2D eigenvalue weighted by Crippen LogP contribution is -2.33. The van der Waals surface area contributed by atoms with Gasteiger partial charge >= 0.3 is 6.09 Å². The molecule has 2 amide bonds. The fourth-order valence-electron chi connectivity index (χ4n) is 3.88. The van der Waals surface area contributed by atoms with Gasteiger partial charge in [-0.15, -0.1) is 0 Å². The highest BCUT2D eigenvalue weighted by atomic mass is 16.6. The first-order chi connectivity index (χ1) is 13.4. The summed E-state index contributed by atoms with van der Waals surface area (Å²) in [6.07, 6.45) is 2.07. The number of amides is 2. The highest BCUT2D eigenvalue weighted by Gasteiger charge is 2.36. The molecule has 3 heterocycles. The van der Waals surface area contributed by atoms with Crippen molar-refractivity contribution in [3.63, 3.8) is 0 Å². The molecule has 28 heavy (non-hydrogen) atoms. The number of pyridine rings is 1. The zero-order valence-corrected chi connectivity index (χ0v) is 16.1. The van der Waals surface area contributed by atoms with E-state index in [1.165, 1.54) is 0 Å². The molecular weight excluding hydrogens is 360 g/mol. The quantitative estimate of drug-likeness (QED) is 0.643. The number of rotatable bonds is 4. The van der Waals surface area contributed by atoms with Gasteiger partial charge in [0, 0.05) is 24.7 Å². The van der Waals surface area contributed by atoms with Gasteiger partial charge in [0.1, 0.15) is 11.9 Å². The van der Waals surface area contributed by atoms with Crippen molar-refractivity contribution in [2.24, 2.45) is 0 Å². The van der Waals surface area contributed by atoms with E-state index < -0.39 is 11.6 Å². The maximum Gasteiger partial charge on any atom is 0.407 e. The van der Waals surface area contributed by atoms with Crippen molar-refractivity contribution >= 4 is 23.6 Å². The Balaban J connectivity index is 1.44. The Hall–Kier alpha value is -3.10. The van der Waals surface area contributed by atoms with Crippen LogP contribution < -0.4 is 16.0 Å². The summed E-state index contributed by atoms with van der Waals surface area (Å²) in [4.78, 5) is 28.0. The van der Waals surface area contributed by atoms with Gasteiger partial charge in [-0.3, -0.25) is 9.89 Å². The highest BCUT2D eigenvalue weighted by Crippen LogP contribution is 2.36. The van der Waals surface area contributed by atoms with E-state index in [1.807, 2.05) is 19.9 Å². The molecular formula is C19H24N6O3.